The molecule has 1 aliphatic heterocycles. The van der Waals surface area contributed by atoms with E-state index in [2.05, 4.69) is 10.5 Å². The third-order valence-electron chi connectivity index (χ3n) is 6.49. The fraction of sp³-hybridized carbons (Fsp3) is 0.333. The van der Waals surface area contributed by atoms with Gasteiger partial charge in [0.05, 0.1) is 0 Å². The lowest BCUT2D eigenvalue weighted by molar-refractivity contribution is -0.120. The lowest BCUT2D eigenvalue weighted by Gasteiger charge is -2.30. The molecule has 2 heterocycles. The number of piperidine rings is 1. The number of amides is 1. The van der Waals surface area contributed by atoms with Gasteiger partial charge in [-0.1, -0.05) is 59.3 Å². The van der Waals surface area contributed by atoms with Gasteiger partial charge in [0.2, 0.25) is 15.9 Å². The van der Waals surface area contributed by atoms with Crippen LogP contribution in [0.25, 0.3) is 12.2 Å². The monoisotopic (exact) mass is 493 g/mol. The van der Waals surface area contributed by atoms with E-state index in [4.69, 9.17) is 4.52 Å². The van der Waals surface area contributed by atoms with Gasteiger partial charge >= 0.3 is 0 Å². The fourth-order valence-corrected chi connectivity index (χ4v) is 6.09. The molecule has 0 unspecified atom stereocenters. The number of aryl methyl sites for hydroxylation is 4. The Hall–Kier alpha value is -3.23. The Morgan fingerprint density at radius 2 is 1.63 bits per heavy atom. The smallest absolute Gasteiger partial charge is 0.248 e. The summed E-state index contributed by atoms with van der Waals surface area (Å²) in [6.45, 7) is 8.09. The predicted octanol–water partition coefficient (Wildman–Crippen LogP) is 5.12. The highest BCUT2D eigenvalue weighted by molar-refractivity contribution is 7.89. The van der Waals surface area contributed by atoms with Crippen molar-refractivity contribution in [2.45, 2.75) is 45.4 Å². The number of anilines is 1. The highest BCUT2D eigenvalue weighted by Gasteiger charge is 2.36. The summed E-state index contributed by atoms with van der Waals surface area (Å²) in [7, 11) is -3.82. The van der Waals surface area contributed by atoms with Gasteiger partial charge in [0.15, 0.2) is 10.7 Å². The van der Waals surface area contributed by atoms with Crippen LogP contribution in [0.4, 0.5) is 5.69 Å². The minimum atomic E-state index is -3.82. The topological polar surface area (TPSA) is 92.5 Å². The molecule has 184 valence electrons. The minimum Gasteiger partial charge on any atom is -0.355 e. The Bertz CT molecular complexity index is 1330. The Balaban J connectivity index is 1.46. The molecule has 0 bridgehead atoms. The standard InChI is InChI=1S/C27H31N3O4S/c1-18-8-10-22(11-9-18)12-13-24-26(21(4)29-34-24)35(32,33)30-16-14-23(15-17-30)27(31)28-25-19(2)6-5-7-20(25)3/h5-13,23H,14-17H2,1-4H3,(H,28,31)/b13-12+. The first-order valence-electron chi connectivity index (χ1n) is 11.7. The number of aromatic nitrogens is 1. The van der Waals surface area contributed by atoms with Gasteiger partial charge in [0.1, 0.15) is 5.69 Å². The van der Waals surface area contributed by atoms with Crippen LogP contribution in [0.1, 0.15) is 46.5 Å². The average molecular weight is 494 g/mol. The van der Waals surface area contributed by atoms with Gasteiger partial charge in [0.25, 0.3) is 0 Å². The van der Waals surface area contributed by atoms with Gasteiger partial charge in [0, 0.05) is 24.7 Å². The Labute approximate surface area is 206 Å². The van der Waals surface area contributed by atoms with E-state index in [1.165, 1.54) is 4.31 Å². The number of sulfonamides is 1. The van der Waals surface area contributed by atoms with Crippen molar-refractivity contribution in [3.05, 3.63) is 76.2 Å². The van der Waals surface area contributed by atoms with E-state index < -0.39 is 10.0 Å². The van der Waals surface area contributed by atoms with Crippen molar-refractivity contribution in [3.63, 3.8) is 0 Å². The first kappa shape index (κ1) is 24.9. The van der Waals surface area contributed by atoms with Gasteiger partial charge in [-0.05, 0) is 63.3 Å². The maximum atomic E-state index is 13.5. The van der Waals surface area contributed by atoms with E-state index in [9.17, 15) is 13.2 Å². The van der Waals surface area contributed by atoms with Crippen molar-refractivity contribution < 1.29 is 17.7 Å². The van der Waals surface area contributed by atoms with E-state index in [0.717, 1.165) is 27.9 Å². The van der Waals surface area contributed by atoms with E-state index in [1.807, 2.05) is 69.3 Å². The normalized spacial score (nSPS) is 15.5. The fourth-order valence-electron chi connectivity index (χ4n) is 4.37. The van der Waals surface area contributed by atoms with E-state index in [0.29, 0.717) is 18.5 Å². The molecule has 1 aliphatic rings. The summed E-state index contributed by atoms with van der Waals surface area (Å²) in [6, 6.07) is 13.8. The Morgan fingerprint density at radius 3 is 2.26 bits per heavy atom. The second-order valence-electron chi connectivity index (χ2n) is 9.14. The number of rotatable bonds is 6. The van der Waals surface area contributed by atoms with Crippen LogP contribution in [0.15, 0.2) is 51.9 Å². The van der Waals surface area contributed by atoms with Crippen LogP contribution in [0.2, 0.25) is 0 Å². The average Bonchev–Trinajstić information content (AvgIpc) is 3.22. The highest BCUT2D eigenvalue weighted by atomic mass is 32.2. The lowest BCUT2D eigenvalue weighted by Crippen LogP contribution is -2.41. The van der Waals surface area contributed by atoms with Crippen LogP contribution in [0.5, 0.6) is 0 Å². The molecule has 1 N–H and O–H groups in total. The summed E-state index contributed by atoms with van der Waals surface area (Å²) in [4.78, 5) is 13.0. The number of nitrogens with zero attached hydrogens (tertiary/aromatic N) is 2. The summed E-state index contributed by atoms with van der Waals surface area (Å²) in [5.74, 6) is -0.106. The number of benzene rings is 2. The zero-order chi connectivity index (χ0) is 25.2. The maximum absolute atomic E-state index is 13.5. The first-order chi connectivity index (χ1) is 16.7. The molecule has 0 atom stereocenters. The predicted molar refractivity (Wildman–Crippen MR) is 137 cm³/mol. The number of carbonyl (C=O) groups excluding carboxylic acids is 1. The second kappa shape index (κ2) is 10.2. The molecule has 35 heavy (non-hydrogen) atoms. The molecule has 1 aromatic heterocycles. The molecule has 0 aliphatic carbocycles. The second-order valence-corrected chi connectivity index (χ2v) is 11.0. The number of hydrogen-bond acceptors (Lipinski definition) is 5. The number of hydrogen-bond donors (Lipinski definition) is 1. The van der Waals surface area contributed by atoms with Crippen LogP contribution in [-0.2, 0) is 14.8 Å². The summed E-state index contributed by atoms with van der Waals surface area (Å²) in [5.41, 5.74) is 5.25. The van der Waals surface area contributed by atoms with Crippen molar-refractivity contribution >= 4 is 33.8 Å². The summed E-state index contributed by atoms with van der Waals surface area (Å²) in [6.07, 6.45) is 4.36. The quantitative estimate of drug-likeness (QED) is 0.515. The van der Waals surface area contributed by atoms with Crippen molar-refractivity contribution in [1.82, 2.24) is 9.46 Å². The van der Waals surface area contributed by atoms with Gasteiger partial charge < -0.3 is 9.84 Å². The van der Waals surface area contributed by atoms with Crippen molar-refractivity contribution in [1.29, 1.82) is 0 Å². The summed E-state index contributed by atoms with van der Waals surface area (Å²) < 4.78 is 33.8. The molecular formula is C27H31N3O4S. The molecule has 0 spiro atoms. The van der Waals surface area contributed by atoms with Crippen molar-refractivity contribution in [2.75, 3.05) is 18.4 Å². The Kier molecular flexibility index (Phi) is 7.23. The molecule has 4 rings (SSSR count). The van der Waals surface area contributed by atoms with E-state index in [1.54, 1.807) is 13.0 Å². The molecule has 3 aromatic rings. The highest BCUT2D eigenvalue weighted by Crippen LogP contribution is 2.30. The van der Waals surface area contributed by atoms with Gasteiger partial charge in [-0.2, -0.15) is 4.31 Å². The van der Waals surface area contributed by atoms with Crippen LogP contribution in [-0.4, -0.2) is 36.9 Å². The molecule has 1 fully saturated rings. The van der Waals surface area contributed by atoms with Gasteiger partial charge in [-0.15, -0.1) is 0 Å². The third kappa shape index (κ3) is 5.39. The summed E-state index contributed by atoms with van der Waals surface area (Å²) in [5, 5.41) is 6.96. The van der Waals surface area contributed by atoms with Crippen LogP contribution in [0.3, 0.4) is 0 Å². The van der Waals surface area contributed by atoms with Crippen LogP contribution < -0.4 is 5.32 Å². The van der Waals surface area contributed by atoms with E-state index >= 15 is 0 Å². The Morgan fingerprint density at radius 1 is 1.00 bits per heavy atom. The number of nitrogens with one attached hydrogen (secondary N) is 1. The zero-order valence-electron chi connectivity index (χ0n) is 20.5. The molecule has 7 nitrogen and oxygen atoms in total. The minimum absolute atomic E-state index is 0.0673. The number of carbonyl (C=O) groups is 1. The molecule has 0 saturated carbocycles. The van der Waals surface area contributed by atoms with Gasteiger partial charge in [-0.3, -0.25) is 4.79 Å². The molecule has 0 radical (unpaired) electrons. The zero-order valence-corrected chi connectivity index (χ0v) is 21.4. The molecule has 2 aromatic carbocycles. The lowest BCUT2D eigenvalue weighted by atomic mass is 9.96. The molecule has 1 amide bonds. The number of para-hydroxylation sites is 1. The largest absolute Gasteiger partial charge is 0.355 e. The SMILES string of the molecule is Cc1ccc(/C=C/c2onc(C)c2S(=O)(=O)N2CCC(C(=O)Nc3c(C)cccc3C)CC2)cc1. The van der Waals surface area contributed by atoms with Crippen LogP contribution >= 0.6 is 0 Å². The van der Waals surface area contributed by atoms with Crippen LogP contribution in [0, 0.1) is 33.6 Å². The van der Waals surface area contributed by atoms with Gasteiger partial charge in [-0.25, -0.2) is 8.42 Å². The molecular weight excluding hydrogens is 462 g/mol. The van der Waals surface area contributed by atoms with Crippen molar-refractivity contribution in [2.24, 2.45) is 5.92 Å². The molecule has 1 saturated heterocycles. The van der Waals surface area contributed by atoms with Crippen molar-refractivity contribution in [3.8, 4) is 0 Å². The van der Waals surface area contributed by atoms with E-state index in [-0.39, 0.29) is 35.6 Å². The third-order valence-corrected chi connectivity index (χ3v) is 8.55. The summed E-state index contributed by atoms with van der Waals surface area (Å²) >= 11 is 0. The first-order valence-corrected chi connectivity index (χ1v) is 13.2. The molecule has 8 heteroatoms. The maximum Gasteiger partial charge on any atom is 0.248 e.